The third kappa shape index (κ3) is 9.09. The Balaban J connectivity index is 1.13. The first kappa shape index (κ1) is 50.9. The SMILES string of the molecule is c1ccc(N(c2ccccc2)c2cc(N(c3ccccc3)c3ccccc3)cc(-n3c4ccc([Si](c5ccccc5)(c5ccccc5)c5ccccc5)cc4c4cc([Si](c5ccccc5)(c5ccccc5)c5ccccc5)ccc43)c2)cc1. The van der Waals surface area contributed by atoms with Gasteiger partial charge in [0.2, 0.25) is 0 Å². The van der Waals surface area contributed by atoms with Crippen LogP contribution in [0.2, 0.25) is 0 Å². The van der Waals surface area contributed by atoms with Crippen molar-refractivity contribution in [2.75, 3.05) is 9.80 Å². The van der Waals surface area contributed by atoms with Crippen LogP contribution in [0.15, 0.2) is 358 Å². The molecule has 0 radical (unpaired) electrons. The zero-order valence-corrected chi connectivity index (χ0v) is 47.9. The average molecular weight is 1090 g/mol. The van der Waals surface area contributed by atoms with Crippen molar-refractivity contribution in [1.82, 2.24) is 4.57 Å². The van der Waals surface area contributed by atoms with E-state index in [1.165, 1.54) is 52.3 Å². The zero-order chi connectivity index (χ0) is 55.4. The van der Waals surface area contributed by atoms with E-state index in [-0.39, 0.29) is 0 Å². The summed E-state index contributed by atoms with van der Waals surface area (Å²) < 4.78 is 2.54. The van der Waals surface area contributed by atoms with Gasteiger partial charge in [-0.2, -0.15) is 0 Å². The van der Waals surface area contributed by atoms with Gasteiger partial charge < -0.3 is 14.4 Å². The summed E-state index contributed by atoms with van der Waals surface area (Å²) in [5.41, 5.74) is 9.63. The Hall–Kier alpha value is -10.3. The first-order valence-corrected chi connectivity index (χ1v) is 32.6. The van der Waals surface area contributed by atoms with E-state index in [2.05, 4.69) is 372 Å². The van der Waals surface area contributed by atoms with Gasteiger partial charge in [0.05, 0.1) is 28.1 Å². The van der Waals surface area contributed by atoms with Crippen LogP contribution in [0.4, 0.5) is 34.1 Å². The lowest BCUT2D eigenvalue weighted by Crippen LogP contribution is -2.74. The molecule has 83 heavy (non-hydrogen) atoms. The van der Waals surface area contributed by atoms with Crippen molar-refractivity contribution in [3.8, 4) is 5.69 Å². The molecular formula is C78H59N3Si2. The van der Waals surface area contributed by atoms with E-state index >= 15 is 0 Å². The lowest BCUT2D eigenvalue weighted by atomic mass is 10.1. The number of para-hydroxylation sites is 4. The maximum Gasteiger partial charge on any atom is 0.179 e. The van der Waals surface area contributed by atoms with Crippen LogP contribution in [0.5, 0.6) is 0 Å². The van der Waals surface area contributed by atoms with E-state index in [9.17, 15) is 0 Å². The predicted molar refractivity (Wildman–Crippen MR) is 357 cm³/mol. The minimum atomic E-state index is -2.99. The van der Waals surface area contributed by atoms with Gasteiger partial charge in [-0.1, -0.05) is 279 Å². The Kier molecular flexibility index (Phi) is 13.7. The molecule has 0 unspecified atom stereocenters. The number of rotatable bonds is 15. The van der Waals surface area contributed by atoms with Crippen molar-refractivity contribution in [3.05, 3.63) is 358 Å². The molecule has 0 amide bonds. The van der Waals surface area contributed by atoms with Gasteiger partial charge in [-0.25, -0.2) is 0 Å². The van der Waals surface area contributed by atoms with Gasteiger partial charge in [-0.3, -0.25) is 0 Å². The molecule has 0 saturated heterocycles. The van der Waals surface area contributed by atoms with Crippen molar-refractivity contribution < 1.29 is 0 Å². The number of hydrogen-bond acceptors (Lipinski definition) is 2. The summed E-state index contributed by atoms with van der Waals surface area (Å²) in [4.78, 5) is 4.79. The van der Waals surface area contributed by atoms with Crippen molar-refractivity contribution in [2.45, 2.75) is 0 Å². The van der Waals surface area contributed by atoms with Gasteiger partial charge in [-0.05, 0) is 120 Å². The minimum absolute atomic E-state index is 1.03. The van der Waals surface area contributed by atoms with E-state index in [4.69, 9.17) is 0 Å². The zero-order valence-electron chi connectivity index (χ0n) is 45.9. The summed E-state index contributed by atoms with van der Waals surface area (Å²) >= 11 is 0. The average Bonchev–Trinajstić information content (AvgIpc) is 3.54. The van der Waals surface area contributed by atoms with Crippen LogP contribution in [0.3, 0.4) is 0 Å². The van der Waals surface area contributed by atoms with E-state index in [1.54, 1.807) is 0 Å². The molecule has 394 valence electrons. The Labute approximate surface area is 488 Å². The number of fused-ring (bicyclic) bond motifs is 3. The third-order valence-electron chi connectivity index (χ3n) is 16.6. The molecule has 13 aromatic carbocycles. The van der Waals surface area contributed by atoms with Gasteiger partial charge >= 0.3 is 0 Å². The summed E-state index contributed by atoms with van der Waals surface area (Å²) in [7, 11) is -5.99. The first-order chi connectivity index (χ1) is 41.2. The molecule has 14 aromatic rings. The Morgan fingerprint density at radius 3 is 0.663 bits per heavy atom. The maximum absolute atomic E-state index is 2.99. The Morgan fingerprint density at radius 1 is 0.193 bits per heavy atom. The van der Waals surface area contributed by atoms with Crippen LogP contribution in [0.25, 0.3) is 27.5 Å². The van der Waals surface area contributed by atoms with Crippen LogP contribution in [-0.4, -0.2) is 20.7 Å². The lowest BCUT2D eigenvalue weighted by Gasteiger charge is -2.34. The quantitative estimate of drug-likeness (QED) is 0.0749. The van der Waals surface area contributed by atoms with E-state index < -0.39 is 16.1 Å². The molecule has 0 spiro atoms. The van der Waals surface area contributed by atoms with Crippen LogP contribution < -0.4 is 51.3 Å². The molecule has 1 aromatic heterocycles. The number of anilines is 6. The van der Waals surface area contributed by atoms with Crippen molar-refractivity contribution in [2.24, 2.45) is 0 Å². The number of benzene rings is 13. The molecule has 0 aliphatic heterocycles. The maximum atomic E-state index is 2.58. The lowest BCUT2D eigenvalue weighted by molar-refractivity contribution is 1.16. The molecule has 0 saturated carbocycles. The second-order valence-electron chi connectivity index (χ2n) is 21.2. The van der Waals surface area contributed by atoms with Crippen molar-refractivity contribution >= 4 is 114 Å². The number of hydrogen-bond donors (Lipinski definition) is 0. The highest BCUT2D eigenvalue weighted by Gasteiger charge is 2.43. The summed E-state index contributed by atoms with van der Waals surface area (Å²) in [5.74, 6) is 0. The summed E-state index contributed by atoms with van der Waals surface area (Å²) in [6.07, 6.45) is 0. The molecule has 5 heteroatoms. The molecule has 0 N–H and O–H groups in total. The van der Waals surface area contributed by atoms with Gasteiger partial charge in [0.25, 0.3) is 0 Å². The third-order valence-corrected chi connectivity index (χ3v) is 26.1. The standard InChI is InChI=1S/C78H59N3Si2/c1-11-31-60(32-12-1)79(61-33-13-2-14-34-61)64-55-65(80(62-35-15-3-16-36-62)63-37-17-4-18-38-63)57-66(56-64)81-77-53-51-73(82(67-39-19-5-20-40-67,68-41-21-6-22-42-68)69-43-23-7-24-44-69)58-75(77)76-59-74(52-54-78(76)81)83(70-45-25-8-26-46-70,71-47-27-9-28-48-71)72-49-29-10-30-50-72/h1-59H. The van der Waals surface area contributed by atoms with E-state index in [0.717, 1.165) is 50.8 Å². The van der Waals surface area contributed by atoms with E-state index in [0.29, 0.717) is 0 Å². The monoisotopic (exact) mass is 1090 g/mol. The highest BCUT2D eigenvalue weighted by Crippen LogP contribution is 2.43. The van der Waals surface area contributed by atoms with Gasteiger partial charge in [0, 0.05) is 33.5 Å². The smallest absolute Gasteiger partial charge is 0.179 e. The highest BCUT2D eigenvalue weighted by molar-refractivity contribution is 7.20. The largest absolute Gasteiger partial charge is 0.310 e. The minimum Gasteiger partial charge on any atom is -0.310 e. The molecule has 1 heterocycles. The van der Waals surface area contributed by atoms with Crippen molar-refractivity contribution in [3.63, 3.8) is 0 Å². The van der Waals surface area contributed by atoms with Gasteiger partial charge in [-0.15, -0.1) is 0 Å². The fourth-order valence-corrected chi connectivity index (χ4v) is 22.6. The molecule has 0 bridgehead atoms. The summed E-state index contributed by atoms with van der Waals surface area (Å²) in [6.45, 7) is 0. The van der Waals surface area contributed by atoms with Crippen LogP contribution in [0, 0.1) is 0 Å². The first-order valence-electron chi connectivity index (χ1n) is 28.6. The van der Waals surface area contributed by atoms with Gasteiger partial charge in [0.15, 0.2) is 16.1 Å². The Morgan fingerprint density at radius 2 is 0.422 bits per heavy atom. The highest BCUT2D eigenvalue weighted by atomic mass is 28.3. The fourth-order valence-electron chi connectivity index (χ4n) is 13.1. The molecule has 0 atom stereocenters. The topological polar surface area (TPSA) is 11.4 Å². The second-order valence-corrected chi connectivity index (χ2v) is 28.8. The van der Waals surface area contributed by atoms with Crippen molar-refractivity contribution in [1.29, 1.82) is 0 Å². The number of nitrogens with zero attached hydrogens (tertiary/aromatic N) is 3. The second kappa shape index (κ2) is 22.3. The predicted octanol–water partition coefficient (Wildman–Crippen LogP) is 14.5. The van der Waals surface area contributed by atoms with Gasteiger partial charge in [0.1, 0.15) is 0 Å². The summed E-state index contributed by atoms with van der Waals surface area (Å²) in [6, 6.07) is 133. The van der Waals surface area contributed by atoms with Crippen LogP contribution in [-0.2, 0) is 0 Å². The molecule has 3 nitrogen and oxygen atoms in total. The fraction of sp³-hybridized carbons (Fsp3) is 0. The van der Waals surface area contributed by atoms with E-state index in [1.807, 2.05) is 0 Å². The molecule has 14 rings (SSSR count). The van der Waals surface area contributed by atoms with Crippen LogP contribution >= 0.6 is 0 Å². The molecular weight excluding hydrogens is 1040 g/mol. The molecule has 0 aliphatic rings. The molecule has 0 aliphatic carbocycles. The normalized spacial score (nSPS) is 11.6. The number of aromatic nitrogens is 1. The Bertz CT molecular complexity index is 3900. The molecule has 0 fully saturated rings. The summed E-state index contributed by atoms with van der Waals surface area (Å²) in [5, 5.41) is 13.1. The van der Waals surface area contributed by atoms with Crippen LogP contribution in [0.1, 0.15) is 0 Å².